The van der Waals surface area contributed by atoms with Crippen molar-refractivity contribution in [2.75, 3.05) is 0 Å². The largest absolute Gasteiger partial charge is 0.236 e. The molecule has 0 atom stereocenters. The van der Waals surface area contributed by atoms with Crippen molar-refractivity contribution in [1.82, 2.24) is 0 Å². The lowest BCUT2D eigenvalue weighted by molar-refractivity contribution is -2.00. The van der Waals surface area contributed by atoms with Gasteiger partial charge >= 0.3 is 0 Å². The molecule has 0 fully saturated rings. The van der Waals surface area contributed by atoms with Gasteiger partial charge in [0.25, 0.3) is 0 Å². The molecule has 3 aromatic rings. The van der Waals surface area contributed by atoms with E-state index >= 15 is 0 Å². The van der Waals surface area contributed by atoms with Gasteiger partial charge in [0.15, 0.2) is 0 Å². The Kier molecular flexibility index (Phi) is 6.08. The first-order valence-electron chi connectivity index (χ1n) is 7.04. The van der Waals surface area contributed by atoms with E-state index in [1.165, 1.54) is 5.56 Å². The van der Waals surface area contributed by atoms with Gasteiger partial charge in [-0.1, -0.05) is 60.7 Å². The standard InChI is InChI=1S/C17H16NO.ClHO4/c1-14-12-18(13-15-8-4-2-5-9-15)19-17(14)16-10-6-3-7-11-16;2-1(3,4)5/h2-12H,13H2,1H3;(H,2,3,4,5)/q+1;/p-1. The minimum Gasteiger partial charge on any atom is -0.236 e. The predicted molar refractivity (Wildman–Crippen MR) is 74.6 cm³/mol. The summed E-state index contributed by atoms with van der Waals surface area (Å²) in [5.41, 5.74) is 3.51. The van der Waals surface area contributed by atoms with E-state index in [1.807, 2.05) is 41.1 Å². The fourth-order valence-corrected chi connectivity index (χ4v) is 2.20. The third-order valence-electron chi connectivity index (χ3n) is 3.12. The number of aromatic nitrogens is 1. The average Bonchev–Trinajstić information content (AvgIpc) is 2.88. The molecule has 0 bridgehead atoms. The van der Waals surface area contributed by atoms with Crippen molar-refractivity contribution in [2.24, 2.45) is 0 Å². The number of aryl methyl sites for hydroxylation is 1. The van der Waals surface area contributed by atoms with Gasteiger partial charge in [-0.2, -0.15) is 0 Å². The molecule has 24 heavy (non-hydrogen) atoms. The third-order valence-corrected chi connectivity index (χ3v) is 3.12. The zero-order valence-electron chi connectivity index (χ0n) is 12.9. The molecule has 0 saturated carbocycles. The van der Waals surface area contributed by atoms with Gasteiger partial charge in [0.05, 0.1) is 5.56 Å². The highest BCUT2D eigenvalue weighted by atomic mass is 35.7. The van der Waals surface area contributed by atoms with E-state index in [2.05, 4.69) is 37.4 Å². The van der Waals surface area contributed by atoms with Crippen LogP contribution in [-0.2, 0) is 6.54 Å². The smallest absolute Gasteiger partial charge is 0.223 e. The van der Waals surface area contributed by atoms with Crippen LogP contribution in [0.15, 0.2) is 71.4 Å². The van der Waals surface area contributed by atoms with Crippen LogP contribution in [0.1, 0.15) is 11.1 Å². The van der Waals surface area contributed by atoms with Crippen molar-refractivity contribution >= 4 is 0 Å². The summed E-state index contributed by atoms with van der Waals surface area (Å²) in [7, 11) is -4.94. The van der Waals surface area contributed by atoms with Crippen LogP contribution in [-0.4, -0.2) is 0 Å². The molecule has 0 aliphatic heterocycles. The Morgan fingerprint density at radius 3 is 1.92 bits per heavy atom. The number of benzene rings is 2. The maximum atomic E-state index is 8.49. The van der Waals surface area contributed by atoms with E-state index in [0.29, 0.717) is 0 Å². The van der Waals surface area contributed by atoms with Gasteiger partial charge in [0.2, 0.25) is 18.5 Å². The summed E-state index contributed by atoms with van der Waals surface area (Å²) in [6, 6.07) is 20.5. The molecule has 0 saturated heterocycles. The van der Waals surface area contributed by atoms with Gasteiger partial charge in [-0.3, -0.25) is 0 Å². The molecule has 7 heteroatoms. The van der Waals surface area contributed by atoms with E-state index in [0.717, 1.165) is 23.4 Å². The molecule has 6 nitrogen and oxygen atoms in total. The second kappa shape index (κ2) is 8.05. The summed E-state index contributed by atoms with van der Waals surface area (Å²) in [4.78, 5) is 0. The zero-order valence-corrected chi connectivity index (χ0v) is 13.7. The topological polar surface area (TPSA) is 109 Å². The van der Waals surface area contributed by atoms with Crippen LogP contribution in [0.3, 0.4) is 0 Å². The van der Waals surface area contributed by atoms with Crippen molar-refractivity contribution in [3.8, 4) is 11.3 Å². The molecule has 2 aromatic carbocycles. The lowest BCUT2D eigenvalue weighted by atomic mass is 10.1. The summed E-state index contributed by atoms with van der Waals surface area (Å²) in [6.07, 6.45) is 2.05. The van der Waals surface area contributed by atoms with Crippen LogP contribution >= 0.6 is 0 Å². The number of nitrogens with zero attached hydrogens (tertiary/aromatic N) is 1. The molecule has 126 valence electrons. The van der Waals surface area contributed by atoms with Gasteiger partial charge in [0, 0.05) is 11.1 Å². The van der Waals surface area contributed by atoms with Crippen LogP contribution in [0.4, 0.5) is 0 Å². The SMILES string of the molecule is Cc1c[n+](Cc2ccccc2)oc1-c1ccccc1.[O-][Cl+3]([O-])([O-])[O-]. The van der Waals surface area contributed by atoms with Gasteiger partial charge in [-0.05, 0) is 11.7 Å². The Morgan fingerprint density at radius 1 is 0.875 bits per heavy atom. The summed E-state index contributed by atoms with van der Waals surface area (Å²) in [5, 5.41) is 0. The van der Waals surface area contributed by atoms with E-state index in [-0.39, 0.29) is 0 Å². The minimum absolute atomic E-state index is 0.758. The molecule has 0 unspecified atom stereocenters. The van der Waals surface area contributed by atoms with E-state index < -0.39 is 10.2 Å². The Morgan fingerprint density at radius 2 is 1.38 bits per heavy atom. The van der Waals surface area contributed by atoms with Gasteiger partial charge in [0.1, 0.15) is 0 Å². The molecular weight excluding hydrogens is 334 g/mol. The maximum Gasteiger partial charge on any atom is 0.223 e. The Balaban J connectivity index is 0.000000368. The molecule has 1 heterocycles. The second-order valence-electron chi connectivity index (χ2n) is 5.04. The summed E-state index contributed by atoms with van der Waals surface area (Å²) in [6.45, 7) is 2.84. The molecule has 0 amide bonds. The fourth-order valence-electron chi connectivity index (χ4n) is 2.20. The van der Waals surface area contributed by atoms with Crippen LogP contribution in [0, 0.1) is 17.2 Å². The van der Waals surface area contributed by atoms with Crippen LogP contribution in [0.2, 0.25) is 0 Å². The molecule has 1 aromatic heterocycles. The Bertz CT molecular complexity index is 748. The molecule has 0 aliphatic rings. The van der Waals surface area contributed by atoms with Crippen molar-refractivity contribution in [3.63, 3.8) is 0 Å². The van der Waals surface area contributed by atoms with Crippen LogP contribution < -0.4 is 23.4 Å². The first-order chi connectivity index (χ1) is 11.3. The number of rotatable bonds is 3. The first kappa shape index (κ1) is 18.1. The average molecular weight is 350 g/mol. The number of halogens is 1. The maximum absolute atomic E-state index is 8.49. The summed E-state index contributed by atoms with van der Waals surface area (Å²) >= 11 is 0. The second-order valence-corrected chi connectivity index (χ2v) is 5.79. The monoisotopic (exact) mass is 349 g/mol. The summed E-state index contributed by atoms with van der Waals surface area (Å²) in [5.74, 6) is 0.941. The Labute approximate surface area is 141 Å². The fraction of sp³-hybridized carbons (Fsp3) is 0.118. The van der Waals surface area contributed by atoms with Crippen LogP contribution in [0.25, 0.3) is 11.3 Å². The molecule has 0 spiro atoms. The number of hydrogen-bond acceptors (Lipinski definition) is 5. The molecular formula is C17H16ClNO5. The number of hydrogen-bond donors (Lipinski definition) is 0. The quantitative estimate of drug-likeness (QED) is 0.554. The molecule has 0 aliphatic carbocycles. The van der Waals surface area contributed by atoms with E-state index in [1.54, 1.807) is 0 Å². The normalized spacial score (nSPS) is 10.9. The summed E-state index contributed by atoms with van der Waals surface area (Å²) < 4.78 is 41.8. The van der Waals surface area contributed by atoms with Crippen molar-refractivity contribution in [2.45, 2.75) is 13.5 Å². The highest BCUT2D eigenvalue weighted by Gasteiger charge is 2.16. The van der Waals surface area contributed by atoms with E-state index in [4.69, 9.17) is 23.2 Å². The van der Waals surface area contributed by atoms with Crippen molar-refractivity contribution in [3.05, 3.63) is 78.0 Å². The van der Waals surface area contributed by atoms with Crippen molar-refractivity contribution in [1.29, 1.82) is 0 Å². The van der Waals surface area contributed by atoms with Gasteiger partial charge in [-0.15, -0.1) is 10.2 Å². The molecule has 3 rings (SSSR count). The van der Waals surface area contributed by atoms with Crippen LogP contribution in [0.5, 0.6) is 0 Å². The van der Waals surface area contributed by atoms with Gasteiger partial charge < -0.3 is 0 Å². The Hall–Kier alpha value is -2.22. The highest BCUT2D eigenvalue weighted by Crippen LogP contribution is 2.21. The molecule has 0 radical (unpaired) electrons. The van der Waals surface area contributed by atoms with Gasteiger partial charge in [-0.25, -0.2) is 23.2 Å². The van der Waals surface area contributed by atoms with Crippen molar-refractivity contribution < 1.29 is 38.1 Å². The lowest BCUT2D eigenvalue weighted by Crippen LogP contribution is -2.68. The first-order valence-corrected chi connectivity index (χ1v) is 8.28. The predicted octanol–water partition coefficient (Wildman–Crippen LogP) is -1.17. The zero-order chi connectivity index (χ0) is 17.6. The van der Waals surface area contributed by atoms with E-state index in [9.17, 15) is 0 Å². The lowest BCUT2D eigenvalue weighted by Gasteiger charge is -2.17. The minimum atomic E-state index is -4.94. The third kappa shape index (κ3) is 6.11. The molecule has 0 N–H and O–H groups in total. The highest BCUT2D eigenvalue weighted by molar-refractivity contribution is 5.59.